The summed E-state index contributed by atoms with van der Waals surface area (Å²) >= 11 is 0. The minimum Gasteiger partial charge on any atom is -0.313 e. The minimum atomic E-state index is 0.342. The van der Waals surface area contributed by atoms with E-state index in [2.05, 4.69) is 59.8 Å². The first-order valence-electron chi connectivity index (χ1n) is 7.04. The van der Waals surface area contributed by atoms with Gasteiger partial charge in [0.25, 0.3) is 0 Å². The Labute approximate surface area is 119 Å². The van der Waals surface area contributed by atoms with Crippen molar-refractivity contribution >= 4 is 10.9 Å². The van der Waals surface area contributed by atoms with Gasteiger partial charge in [-0.3, -0.25) is 0 Å². The van der Waals surface area contributed by atoms with Gasteiger partial charge in [-0.05, 0) is 31.2 Å². The Balaban J connectivity index is 2.19. The second-order valence-corrected chi connectivity index (χ2v) is 4.92. The van der Waals surface area contributed by atoms with Gasteiger partial charge in [-0.2, -0.15) is 5.10 Å². The van der Waals surface area contributed by atoms with Crippen molar-refractivity contribution < 1.29 is 0 Å². The molecule has 1 aromatic heterocycles. The fourth-order valence-electron chi connectivity index (χ4n) is 2.72. The van der Waals surface area contributed by atoms with Crippen LogP contribution < -0.4 is 5.32 Å². The largest absolute Gasteiger partial charge is 0.313 e. The molecule has 3 aromatic rings. The van der Waals surface area contributed by atoms with E-state index in [4.69, 9.17) is 0 Å². The summed E-state index contributed by atoms with van der Waals surface area (Å²) in [6, 6.07) is 17.1. The van der Waals surface area contributed by atoms with E-state index in [1.807, 2.05) is 24.0 Å². The summed E-state index contributed by atoms with van der Waals surface area (Å²) in [5, 5.41) is 9.11. The third-order valence-corrected chi connectivity index (χ3v) is 3.77. The van der Waals surface area contributed by atoms with Crippen LogP contribution in [-0.4, -0.2) is 16.8 Å². The molecule has 0 spiro atoms. The molecule has 0 saturated carbocycles. The summed E-state index contributed by atoms with van der Waals surface area (Å²) in [6.07, 6.45) is 2.97. The third kappa shape index (κ3) is 2.10. The monoisotopic (exact) mass is 265 g/mol. The van der Waals surface area contributed by atoms with Crippen molar-refractivity contribution in [2.45, 2.75) is 19.4 Å². The van der Waals surface area contributed by atoms with E-state index in [0.29, 0.717) is 6.04 Å². The molecule has 0 fully saturated rings. The lowest BCUT2D eigenvalue weighted by atomic mass is 10.0. The molecule has 102 valence electrons. The smallest absolute Gasteiger partial charge is 0.0741 e. The van der Waals surface area contributed by atoms with Gasteiger partial charge in [-0.15, -0.1) is 0 Å². The maximum atomic E-state index is 4.57. The van der Waals surface area contributed by atoms with Gasteiger partial charge in [0.2, 0.25) is 0 Å². The van der Waals surface area contributed by atoms with Crippen LogP contribution in [-0.2, 0) is 0 Å². The van der Waals surface area contributed by atoms with Crippen LogP contribution in [0.5, 0.6) is 0 Å². The minimum absolute atomic E-state index is 0.342. The lowest BCUT2D eigenvalue weighted by Crippen LogP contribution is -2.17. The van der Waals surface area contributed by atoms with Gasteiger partial charge in [-0.1, -0.05) is 43.3 Å². The maximum absolute atomic E-state index is 4.57. The fraction of sp³-hybridized carbons (Fsp3) is 0.235. The summed E-state index contributed by atoms with van der Waals surface area (Å²) in [5.74, 6) is 0. The molecular weight excluding hydrogens is 246 g/mol. The van der Waals surface area contributed by atoms with E-state index in [0.717, 1.165) is 17.6 Å². The Hall–Kier alpha value is -2.13. The van der Waals surface area contributed by atoms with Crippen molar-refractivity contribution in [3.63, 3.8) is 0 Å². The van der Waals surface area contributed by atoms with Crippen molar-refractivity contribution in [3.8, 4) is 5.69 Å². The normalized spacial score (nSPS) is 12.7. The highest BCUT2D eigenvalue weighted by Gasteiger charge is 2.14. The lowest BCUT2D eigenvalue weighted by molar-refractivity contribution is 0.573. The molecule has 2 aromatic carbocycles. The van der Waals surface area contributed by atoms with Gasteiger partial charge in [-0.25, -0.2) is 4.68 Å². The van der Waals surface area contributed by atoms with Crippen LogP contribution in [0, 0.1) is 0 Å². The van der Waals surface area contributed by atoms with Crippen molar-refractivity contribution in [1.82, 2.24) is 15.1 Å². The number of para-hydroxylation sites is 2. The number of hydrogen-bond donors (Lipinski definition) is 1. The summed E-state index contributed by atoms with van der Waals surface area (Å²) in [4.78, 5) is 0. The molecule has 0 aliphatic rings. The number of nitrogens with zero attached hydrogens (tertiary/aromatic N) is 2. The van der Waals surface area contributed by atoms with Crippen molar-refractivity contribution in [2.24, 2.45) is 0 Å². The van der Waals surface area contributed by atoms with Crippen LogP contribution in [0.1, 0.15) is 24.9 Å². The number of benzene rings is 2. The van der Waals surface area contributed by atoms with Crippen molar-refractivity contribution in [3.05, 3.63) is 60.3 Å². The second kappa shape index (κ2) is 5.47. The Morgan fingerprint density at radius 3 is 2.65 bits per heavy atom. The number of hydrogen-bond acceptors (Lipinski definition) is 2. The Morgan fingerprint density at radius 2 is 1.85 bits per heavy atom. The molecule has 0 aliphatic heterocycles. The highest BCUT2D eigenvalue weighted by atomic mass is 15.3. The summed E-state index contributed by atoms with van der Waals surface area (Å²) < 4.78 is 2.03. The number of rotatable bonds is 4. The molecule has 3 nitrogen and oxygen atoms in total. The van der Waals surface area contributed by atoms with E-state index >= 15 is 0 Å². The SMILES string of the molecule is CCC(NC)c1ccccc1-n1ncc2ccccc21. The molecule has 20 heavy (non-hydrogen) atoms. The number of nitrogens with one attached hydrogen (secondary N) is 1. The average molecular weight is 265 g/mol. The molecule has 0 aliphatic carbocycles. The fourth-order valence-corrected chi connectivity index (χ4v) is 2.72. The van der Waals surface area contributed by atoms with Crippen molar-refractivity contribution in [1.29, 1.82) is 0 Å². The van der Waals surface area contributed by atoms with Crippen LogP contribution >= 0.6 is 0 Å². The van der Waals surface area contributed by atoms with Gasteiger partial charge in [0.05, 0.1) is 17.4 Å². The first-order valence-corrected chi connectivity index (χ1v) is 7.04. The van der Waals surface area contributed by atoms with E-state index < -0.39 is 0 Å². The molecule has 0 radical (unpaired) electrons. The second-order valence-electron chi connectivity index (χ2n) is 4.92. The van der Waals surface area contributed by atoms with Gasteiger partial charge < -0.3 is 5.32 Å². The zero-order valence-corrected chi connectivity index (χ0v) is 11.9. The molecule has 1 N–H and O–H groups in total. The topological polar surface area (TPSA) is 29.9 Å². The van der Waals surface area contributed by atoms with Crippen LogP contribution in [0.4, 0.5) is 0 Å². The molecule has 0 amide bonds. The van der Waals surface area contributed by atoms with Crippen LogP contribution in [0.2, 0.25) is 0 Å². The average Bonchev–Trinajstić information content (AvgIpc) is 2.93. The number of aromatic nitrogens is 2. The molecule has 1 heterocycles. The third-order valence-electron chi connectivity index (χ3n) is 3.77. The molecule has 1 unspecified atom stereocenters. The van der Waals surface area contributed by atoms with Crippen LogP contribution in [0.3, 0.4) is 0 Å². The van der Waals surface area contributed by atoms with Gasteiger partial charge in [0.1, 0.15) is 0 Å². The summed E-state index contributed by atoms with van der Waals surface area (Å²) in [5.41, 5.74) is 3.58. The summed E-state index contributed by atoms with van der Waals surface area (Å²) in [7, 11) is 2.01. The van der Waals surface area contributed by atoms with Gasteiger partial charge in [0, 0.05) is 11.4 Å². The van der Waals surface area contributed by atoms with E-state index in [1.165, 1.54) is 10.9 Å². The van der Waals surface area contributed by atoms with Crippen molar-refractivity contribution in [2.75, 3.05) is 7.05 Å². The van der Waals surface area contributed by atoms with E-state index in [-0.39, 0.29) is 0 Å². The molecular formula is C17H19N3. The Kier molecular flexibility index (Phi) is 3.52. The van der Waals surface area contributed by atoms with Crippen LogP contribution in [0.25, 0.3) is 16.6 Å². The molecule has 0 bridgehead atoms. The lowest BCUT2D eigenvalue weighted by Gasteiger charge is -2.18. The van der Waals surface area contributed by atoms with Gasteiger partial charge >= 0.3 is 0 Å². The van der Waals surface area contributed by atoms with E-state index in [9.17, 15) is 0 Å². The predicted octanol–water partition coefficient (Wildman–Crippen LogP) is 3.70. The molecule has 1 atom stereocenters. The van der Waals surface area contributed by atoms with Gasteiger partial charge in [0.15, 0.2) is 0 Å². The van der Waals surface area contributed by atoms with E-state index in [1.54, 1.807) is 0 Å². The zero-order chi connectivity index (χ0) is 13.9. The highest BCUT2D eigenvalue weighted by Crippen LogP contribution is 2.26. The maximum Gasteiger partial charge on any atom is 0.0741 e. The molecule has 3 rings (SSSR count). The first-order chi connectivity index (χ1) is 9.85. The standard InChI is InChI=1S/C17H19N3/c1-3-15(18-2)14-9-5-7-11-17(14)20-16-10-6-4-8-13(16)12-19-20/h4-12,15,18H,3H2,1-2H3. The van der Waals surface area contributed by atoms with Crippen LogP contribution in [0.15, 0.2) is 54.7 Å². The zero-order valence-electron chi connectivity index (χ0n) is 11.9. The predicted molar refractivity (Wildman–Crippen MR) is 83.2 cm³/mol. The Bertz CT molecular complexity index is 711. The quantitative estimate of drug-likeness (QED) is 0.779. The summed E-state index contributed by atoms with van der Waals surface area (Å²) in [6.45, 7) is 2.19. The first kappa shape index (κ1) is 12.9. The highest BCUT2D eigenvalue weighted by molar-refractivity contribution is 5.80. The number of fused-ring (bicyclic) bond motifs is 1. The molecule has 3 heteroatoms. The molecule has 0 saturated heterocycles. The Morgan fingerprint density at radius 1 is 1.10 bits per heavy atom.